The molecular weight excluding hydrogens is 312 g/mol. The smallest absolute Gasteiger partial charge is 0.335 e. The molecule has 0 bridgehead atoms. The SMILES string of the molecule is Cc1cccc(CNc2ccc(-c3ccc(C)c(C(=O)O)c3)cn2)c1. The summed E-state index contributed by atoms with van der Waals surface area (Å²) in [6.07, 6.45) is 1.76. The van der Waals surface area contributed by atoms with Crippen LogP contribution in [0.2, 0.25) is 0 Å². The summed E-state index contributed by atoms with van der Waals surface area (Å²) in [6.45, 7) is 4.58. The lowest BCUT2D eigenvalue weighted by Crippen LogP contribution is -2.02. The first-order valence-electron chi connectivity index (χ1n) is 8.13. The van der Waals surface area contributed by atoms with E-state index < -0.39 is 5.97 Å². The van der Waals surface area contributed by atoms with Crippen molar-refractivity contribution in [2.45, 2.75) is 20.4 Å². The van der Waals surface area contributed by atoms with Gasteiger partial charge in [0.25, 0.3) is 0 Å². The van der Waals surface area contributed by atoms with Gasteiger partial charge in [-0.3, -0.25) is 0 Å². The minimum absolute atomic E-state index is 0.319. The van der Waals surface area contributed by atoms with Gasteiger partial charge in [-0.1, -0.05) is 42.0 Å². The van der Waals surface area contributed by atoms with E-state index in [0.717, 1.165) is 22.5 Å². The number of nitrogens with zero attached hydrogens (tertiary/aromatic N) is 1. The molecular formula is C21H20N2O2. The molecule has 0 saturated carbocycles. The summed E-state index contributed by atoms with van der Waals surface area (Å²) in [4.78, 5) is 15.7. The molecule has 0 aliphatic carbocycles. The van der Waals surface area contributed by atoms with Crippen LogP contribution in [0.3, 0.4) is 0 Å². The number of carboxylic acid groups (broad SMARTS) is 1. The largest absolute Gasteiger partial charge is 0.478 e. The van der Waals surface area contributed by atoms with Crippen molar-refractivity contribution in [3.63, 3.8) is 0 Å². The van der Waals surface area contributed by atoms with Crippen LogP contribution in [0.25, 0.3) is 11.1 Å². The van der Waals surface area contributed by atoms with Crippen molar-refractivity contribution in [3.05, 3.63) is 83.0 Å². The van der Waals surface area contributed by atoms with Gasteiger partial charge in [0.2, 0.25) is 0 Å². The van der Waals surface area contributed by atoms with Crippen LogP contribution < -0.4 is 5.32 Å². The standard InChI is InChI=1S/C21H20N2O2/c1-14-4-3-5-16(10-14)12-22-20-9-8-18(13-23-20)17-7-6-15(2)19(11-17)21(24)25/h3-11,13H,12H2,1-2H3,(H,22,23)(H,24,25). The van der Waals surface area contributed by atoms with E-state index >= 15 is 0 Å². The summed E-state index contributed by atoms with van der Waals surface area (Å²) < 4.78 is 0. The van der Waals surface area contributed by atoms with E-state index in [4.69, 9.17) is 0 Å². The molecule has 0 spiro atoms. The van der Waals surface area contributed by atoms with E-state index in [1.807, 2.05) is 30.3 Å². The summed E-state index contributed by atoms with van der Waals surface area (Å²) in [6, 6.07) is 17.6. The van der Waals surface area contributed by atoms with E-state index in [9.17, 15) is 9.90 Å². The van der Waals surface area contributed by atoms with Gasteiger partial charge in [0.15, 0.2) is 0 Å². The number of hydrogen-bond acceptors (Lipinski definition) is 3. The summed E-state index contributed by atoms with van der Waals surface area (Å²) in [5, 5.41) is 12.6. The van der Waals surface area contributed by atoms with E-state index in [2.05, 4.69) is 35.4 Å². The lowest BCUT2D eigenvalue weighted by molar-refractivity contribution is 0.0696. The minimum Gasteiger partial charge on any atom is -0.478 e. The van der Waals surface area contributed by atoms with Gasteiger partial charge in [0.05, 0.1) is 5.56 Å². The second-order valence-corrected chi connectivity index (χ2v) is 6.11. The van der Waals surface area contributed by atoms with Gasteiger partial charge >= 0.3 is 5.97 Å². The first-order chi connectivity index (χ1) is 12.0. The highest BCUT2D eigenvalue weighted by molar-refractivity contribution is 5.91. The third-order valence-electron chi connectivity index (χ3n) is 4.12. The van der Waals surface area contributed by atoms with Crippen molar-refractivity contribution in [1.29, 1.82) is 0 Å². The number of carboxylic acids is 1. The Morgan fingerprint density at radius 2 is 1.84 bits per heavy atom. The first-order valence-corrected chi connectivity index (χ1v) is 8.13. The second-order valence-electron chi connectivity index (χ2n) is 6.11. The molecule has 0 fully saturated rings. The number of hydrogen-bond donors (Lipinski definition) is 2. The van der Waals surface area contributed by atoms with Crippen LogP contribution in [-0.2, 0) is 6.54 Å². The van der Waals surface area contributed by atoms with Gasteiger partial charge in [-0.2, -0.15) is 0 Å². The van der Waals surface area contributed by atoms with E-state index in [1.54, 1.807) is 19.2 Å². The van der Waals surface area contributed by atoms with E-state index in [0.29, 0.717) is 12.1 Å². The minimum atomic E-state index is -0.913. The summed E-state index contributed by atoms with van der Waals surface area (Å²) in [7, 11) is 0. The van der Waals surface area contributed by atoms with Crippen LogP contribution in [0.5, 0.6) is 0 Å². The fourth-order valence-corrected chi connectivity index (χ4v) is 2.72. The highest BCUT2D eigenvalue weighted by Gasteiger charge is 2.09. The Labute approximate surface area is 147 Å². The van der Waals surface area contributed by atoms with E-state index in [1.165, 1.54) is 11.1 Å². The molecule has 0 radical (unpaired) electrons. The fraction of sp³-hybridized carbons (Fsp3) is 0.143. The van der Waals surface area contributed by atoms with Gasteiger partial charge in [-0.05, 0) is 48.7 Å². The number of aromatic nitrogens is 1. The molecule has 126 valence electrons. The Balaban J connectivity index is 1.74. The number of aryl methyl sites for hydroxylation is 2. The molecule has 1 heterocycles. The zero-order chi connectivity index (χ0) is 17.8. The van der Waals surface area contributed by atoms with Crippen LogP contribution in [0.15, 0.2) is 60.8 Å². The Morgan fingerprint density at radius 1 is 1.04 bits per heavy atom. The van der Waals surface area contributed by atoms with E-state index in [-0.39, 0.29) is 0 Å². The van der Waals surface area contributed by atoms with Crippen LogP contribution >= 0.6 is 0 Å². The first kappa shape index (κ1) is 16.7. The lowest BCUT2D eigenvalue weighted by atomic mass is 10.0. The second kappa shape index (κ2) is 7.18. The van der Waals surface area contributed by atoms with Crippen molar-refractivity contribution in [3.8, 4) is 11.1 Å². The number of pyridine rings is 1. The highest BCUT2D eigenvalue weighted by Crippen LogP contribution is 2.23. The quantitative estimate of drug-likeness (QED) is 0.712. The molecule has 2 aromatic carbocycles. The Morgan fingerprint density at radius 3 is 2.52 bits per heavy atom. The van der Waals surface area contributed by atoms with Crippen LogP contribution in [0.4, 0.5) is 5.82 Å². The summed E-state index contributed by atoms with van der Waals surface area (Å²) in [5.41, 5.74) is 5.25. The number of aromatic carboxylic acids is 1. The van der Waals surface area contributed by atoms with Crippen LogP contribution in [0.1, 0.15) is 27.0 Å². The van der Waals surface area contributed by atoms with Crippen molar-refractivity contribution in [2.75, 3.05) is 5.32 Å². The predicted molar refractivity (Wildman–Crippen MR) is 99.9 cm³/mol. The molecule has 0 atom stereocenters. The number of carbonyl (C=O) groups is 1. The number of rotatable bonds is 5. The zero-order valence-electron chi connectivity index (χ0n) is 14.3. The normalized spacial score (nSPS) is 10.5. The van der Waals surface area contributed by atoms with Gasteiger partial charge in [-0.15, -0.1) is 0 Å². The Bertz CT molecular complexity index is 902. The Hall–Kier alpha value is -3.14. The maximum absolute atomic E-state index is 11.3. The fourth-order valence-electron chi connectivity index (χ4n) is 2.72. The maximum atomic E-state index is 11.3. The van der Waals surface area contributed by atoms with Crippen molar-refractivity contribution < 1.29 is 9.90 Å². The summed E-state index contributed by atoms with van der Waals surface area (Å²) in [5.74, 6) is -0.125. The van der Waals surface area contributed by atoms with Gasteiger partial charge in [0.1, 0.15) is 5.82 Å². The van der Waals surface area contributed by atoms with Crippen LogP contribution in [0, 0.1) is 13.8 Å². The molecule has 4 nitrogen and oxygen atoms in total. The van der Waals surface area contributed by atoms with Crippen molar-refractivity contribution >= 4 is 11.8 Å². The molecule has 0 unspecified atom stereocenters. The highest BCUT2D eigenvalue weighted by atomic mass is 16.4. The van der Waals surface area contributed by atoms with Crippen molar-refractivity contribution in [2.24, 2.45) is 0 Å². The molecule has 3 rings (SSSR count). The number of nitrogens with one attached hydrogen (secondary N) is 1. The molecule has 1 aromatic heterocycles. The third-order valence-corrected chi connectivity index (χ3v) is 4.12. The van der Waals surface area contributed by atoms with Gasteiger partial charge in [0, 0.05) is 18.3 Å². The molecule has 25 heavy (non-hydrogen) atoms. The molecule has 0 aliphatic rings. The molecule has 3 aromatic rings. The van der Waals surface area contributed by atoms with Gasteiger partial charge < -0.3 is 10.4 Å². The average molecular weight is 332 g/mol. The average Bonchev–Trinajstić information content (AvgIpc) is 2.61. The maximum Gasteiger partial charge on any atom is 0.335 e. The Kier molecular flexibility index (Phi) is 4.80. The monoisotopic (exact) mass is 332 g/mol. The predicted octanol–water partition coefficient (Wildman–Crippen LogP) is 4.68. The molecule has 2 N–H and O–H groups in total. The van der Waals surface area contributed by atoms with Gasteiger partial charge in [-0.25, -0.2) is 9.78 Å². The van der Waals surface area contributed by atoms with Crippen molar-refractivity contribution in [1.82, 2.24) is 4.98 Å². The molecule has 0 saturated heterocycles. The molecule has 4 heteroatoms. The zero-order valence-corrected chi connectivity index (χ0v) is 14.3. The number of benzene rings is 2. The van der Waals surface area contributed by atoms with Crippen LogP contribution in [-0.4, -0.2) is 16.1 Å². The molecule has 0 aliphatic heterocycles. The lowest BCUT2D eigenvalue weighted by Gasteiger charge is -2.09. The molecule has 0 amide bonds. The summed E-state index contributed by atoms with van der Waals surface area (Å²) >= 11 is 0. The topological polar surface area (TPSA) is 62.2 Å². The third kappa shape index (κ3) is 4.04. The number of anilines is 1.